The summed E-state index contributed by atoms with van der Waals surface area (Å²) in [5.41, 5.74) is 4.45. The standard InChI is InChI=1S/C26H22F2N6O2/c1-14-8-15-5-6-21(25-18(27)4-3-7-29-25)36-22(15)9-20(14)34-13-17-19(28)11-30-23(24(17)32-26(34)35)16-10-31-33(2)12-16/h3-4,7-12,21H,5-6,13H2,1-2H3,(H,32,35). The number of urea groups is 1. The van der Waals surface area contributed by atoms with Crippen LogP contribution in [-0.4, -0.2) is 25.8 Å². The average molecular weight is 488 g/mol. The second-order valence-corrected chi connectivity index (χ2v) is 8.99. The molecule has 0 aliphatic carbocycles. The smallest absolute Gasteiger partial charge is 0.326 e. The molecule has 5 heterocycles. The highest BCUT2D eigenvalue weighted by Crippen LogP contribution is 2.41. The molecule has 1 unspecified atom stereocenters. The maximum atomic E-state index is 14.9. The zero-order valence-corrected chi connectivity index (χ0v) is 19.6. The van der Waals surface area contributed by atoms with Gasteiger partial charge in [0.05, 0.1) is 36.0 Å². The molecule has 0 fully saturated rings. The topological polar surface area (TPSA) is 85.2 Å². The SMILES string of the molecule is Cc1cc2c(cc1N1Cc3c(F)cnc(-c4cnn(C)c4)c3NC1=O)OC(c1ncccc1F)CC2. The summed E-state index contributed by atoms with van der Waals surface area (Å²) in [7, 11) is 1.77. The molecule has 1 N–H and O–H groups in total. The van der Waals surface area contributed by atoms with Gasteiger partial charge in [0.2, 0.25) is 0 Å². The van der Waals surface area contributed by atoms with Crippen molar-refractivity contribution in [2.45, 2.75) is 32.4 Å². The van der Waals surface area contributed by atoms with Crippen LogP contribution in [0.2, 0.25) is 0 Å². The van der Waals surface area contributed by atoms with E-state index in [4.69, 9.17) is 4.74 Å². The van der Waals surface area contributed by atoms with Crippen molar-refractivity contribution in [3.63, 3.8) is 0 Å². The number of carbonyl (C=O) groups is 1. The Morgan fingerprint density at radius 2 is 2.03 bits per heavy atom. The summed E-state index contributed by atoms with van der Waals surface area (Å²) in [5, 5.41) is 6.97. The lowest BCUT2D eigenvalue weighted by Crippen LogP contribution is -2.40. The molecule has 3 aromatic heterocycles. The summed E-state index contributed by atoms with van der Waals surface area (Å²) in [4.78, 5) is 23.1. The fourth-order valence-corrected chi connectivity index (χ4v) is 4.84. The highest BCUT2D eigenvalue weighted by Gasteiger charge is 2.32. The van der Waals surface area contributed by atoms with Gasteiger partial charge >= 0.3 is 6.03 Å². The van der Waals surface area contributed by atoms with E-state index in [1.54, 1.807) is 30.2 Å². The van der Waals surface area contributed by atoms with Crippen LogP contribution in [0.3, 0.4) is 0 Å². The first-order chi connectivity index (χ1) is 17.4. The van der Waals surface area contributed by atoms with Gasteiger partial charge in [-0.25, -0.2) is 13.6 Å². The number of aryl methyl sites for hydroxylation is 3. The van der Waals surface area contributed by atoms with Gasteiger partial charge < -0.3 is 10.1 Å². The van der Waals surface area contributed by atoms with Gasteiger partial charge in [-0.3, -0.25) is 19.5 Å². The van der Waals surface area contributed by atoms with Crippen molar-refractivity contribution < 1.29 is 18.3 Å². The van der Waals surface area contributed by atoms with Gasteiger partial charge in [0, 0.05) is 36.6 Å². The van der Waals surface area contributed by atoms with E-state index in [0.29, 0.717) is 46.8 Å². The number of hydrogen-bond acceptors (Lipinski definition) is 5. The predicted molar refractivity (Wildman–Crippen MR) is 129 cm³/mol. The van der Waals surface area contributed by atoms with Gasteiger partial charge in [0.1, 0.15) is 29.2 Å². The van der Waals surface area contributed by atoms with E-state index in [0.717, 1.165) is 17.3 Å². The molecule has 0 saturated heterocycles. The number of carbonyl (C=O) groups excluding carboxylic acids is 1. The molecule has 1 atom stereocenters. The molecule has 1 aromatic carbocycles. The molecule has 0 bridgehead atoms. The third-order valence-corrected chi connectivity index (χ3v) is 6.61. The zero-order valence-electron chi connectivity index (χ0n) is 19.6. The van der Waals surface area contributed by atoms with Gasteiger partial charge in [0.15, 0.2) is 0 Å². The van der Waals surface area contributed by atoms with Crippen LogP contribution in [0.5, 0.6) is 5.75 Å². The minimum absolute atomic E-state index is 0.0146. The third kappa shape index (κ3) is 3.65. The number of hydrogen-bond donors (Lipinski definition) is 1. The number of halogens is 2. The van der Waals surface area contributed by atoms with E-state index >= 15 is 0 Å². The Balaban J connectivity index is 1.36. The summed E-state index contributed by atoms with van der Waals surface area (Å²) < 4.78 is 37.0. The Labute approximate surface area is 205 Å². The fourth-order valence-electron chi connectivity index (χ4n) is 4.84. The number of ether oxygens (including phenoxy) is 1. The number of aromatic nitrogens is 4. The molecule has 0 spiro atoms. The van der Waals surface area contributed by atoms with Crippen LogP contribution in [0.1, 0.15) is 34.9 Å². The Morgan fingerprint density at radius 1 is 1.17 bits per heavy atom. The monoisotopic (exact) mass is 488 g/mol. The first-order valence-corrected chi connectivity index (χ1v) is 11.5. The summed E-state index contributed by atoms with van der Waals surface area (Å²) in [5.74, 6) is -0.374. The fraction of sp³-hybridized carbons (Fsp3) is 0.231. The second-order valence-electron chi connectivity index (χ2n) is 8.99. The first kappa shape index (κ1) is 22.1. The van der Waals surface area contributed by atoms with Crippen molar-refractivity contribution in [1.82, 2.24) is 19.7 Å². The summed E-state index contributed by atoms with van der Waals surface area (Å²) in [6, 6.07) is 6.22. The molecule has 6 rings (SSSR count). The van der Waals surface area contributed by atoms with Crippen LogP contribution in [0.15, 0.2) is 49.1 Å². The largest absolute Gasteiger partial charge is 0.484 e. The molecular formula is C26H22F2N6O2. The minimum Gasteiger partial charge on any atom is -0.484 e. The normalized spacial score (nSPS) is 16.7. The van der Waals surface area contributed by atoms with Crippen molar-refractivity contribution in [3.05, 3.63) is 83.1 Å². The molecule has 2 amide bonds. The molecule has 2 aliphatic heterocycles. The first-order valence-electron chi connectivity index (χ1n) is 11.5. The lowest BCUT2D eigenvalue weighted by Gasteiger charge is -2.33. The second kappa shape index (κ2) is 8.40. The van der Waals surface area contributed by atoms with Crippen molar-refractivity contribution in [2.24, 2.45) is 7.05 Å². The van der Waals surface area contributed by atoms with Crippen molar-refractivity contribution in [3.8, 4) is 17.0 Å². The van der Waals surface area contributed by atoms with Gasteiger partial charge in [0.25, 0.3) is 0 Å². The summed E-state index contributed by atoms with van der Waals surface area (Å²) >= 11 is 0. The van der Waals surface area contributed by atoms with E-state index in [1.807, 2.05) is 13.0 Å². The number of amides is 2. The molecular weight excluding hydrogens is 466 g/mol. The number of benzene rings is 1. The number of fused-ring (bicyclic) bond motifs is 2. The van der Waals surface area contributed by atoms with E-state index in [1.165, 1.54) is 23.2 Å². The maximum absolute atomic E-state index is 14.9. The van der Waals surface area contributed by atoms with Gasteiger partial charge in [-0.05, 0) is 43.0 Å². The van der Waals surface area contributed by atoms with Gasteiger partial charge in [-0.2, -0.15) is 5.10 Å². The van der Waals surface area contributed by atoms with Crippen molar-refractivity contribution in [2.75, 3.05) is 10.2 Å². The molecule has 0 radical (unpaired) electrons. The Morgan fingerprint density at radius 3 is 2.81 bits per heavy atom. The van der Waals surface area contributed by atoms with E-state index in [9.17, 15) is 13.6 Å². The number of nitrogens with one attached hydrogen (secondary N) is 1. The lowest BCUT2D eigenvalue weighted by molar-refractivity contribution is 0.167. The molecule has 8 nitrogen and oxygen atoms in total. The maximum Gasteiger partial charge on any atom is 0.326 e. The lowest BCUT2D eigenvalue weighted by atomic mass is 9.97. The van der Waals surface area contributed by atoms with E-state index < -0.39 is 23.8 Å². The average Bonchev–Trinajstić information content (AvgIpc) is 3.30. The van der Waals surface area contributed by atoms with Crippen molar-refractivity contribution >= 4 is 17.4 Å². The van der Waals surface area contributed by atoms with Gasteiger partial charge in [-0.1, -0.05) is 6.07 Å². The van der Waals surface area contributed by atoms with E-state index in [-0.39, 0.29) is 12.2 Å². The highest BCUT2D eigenvalue weighted by molar-refractivity contribution is 6.07. The van der Waals surface area contributed by atoms with Crippen LogP contribution < -0.4 is 15.0 Å². The molecule has 10 heteroatoms. The van der Waals surface area contributed by atoms with Crippen molar-refractivity contribution in [1.29, 1.82) is 0 Å². The Hall–Kier alpha value is -4.34. The van der Waals surface area contributed by atoms with Crippen LogP contribution in [0, 0.1) is 18.6 Å². The number of anilines is 2. The molecule has 2 aliphatic rings. The van der Waals surface area contributed by atoms with Gasteiger partial charge in [-0.15, -0.1) is 0 Å². The summed E-state index contributed by atoms with van der Waals surface area (Å²) in [6.07, 6.45) is 6.81. The molecule has 4 aromatic rings. The molecule has 36 heavy (non-hydrogen) atoms. The number of nitrogens with zero attached hydrogens (tertiary/aromatic N) is 5. The molecule has 0 saturated carbocycles. The Kier molecular flexibility index (Phi) is 5.17. The third-order valence-electron chi connectivity index (χ3n) is 6.61. The quantitative estimate of drug-likeness (QED) is 0.435. The summed E-state index contributed by atoms with van der Waals surface area (Å²) in [6.45, 7) is 1.91. The number of rotatable bonds is 3. The van der Waals surface area contributed by atoms with Crippen LogP contribution in [0.25, 0.3) is 11.3 Å². The van der Waals surface area contributed by atoms with Crippen LogP contribution >= 0.6 is 0 Å². The van der Waals surface area contributed by atoms with E-state index in [2.05, 4.69) is 20.4 Å². The number of pyridine rings is 2. The highest BCUT2D eigenvalue weighted by atomic mass is 19.1. The van der Waals surface area contributed by atoms with Crippen LogP contribution in [0.4, 0.5) is 25.0 Å². The zero-order chi connectivity index (χ0) is 25.0. The minimum atomic E-state index is -0.532. The van der Waals surface area contributed by atoms with Crippen LogP contribution in [-0.2, 0) is 20.0 Å². The molecule has 182 valence electrons. The predicted octanol–water partition coefficient (Wildman–Crippen LogP) is 5.08. The Bertz CT molecular complexity index is 1520.